The molecule has 0 aliphatic heterocycles. The summed E-state index contributed by atoms with van der Waals surface area (Å²) in [6, 6.07) is 0. The van der Waals surface area contributed by atoms with Gasteiger partial charge >= 0.3 is 0 Å². The van der Waals surface area contributed by atoms with Crippen LogP contribution >= 0.6 is 0 Å². The summed E-state index contributed by atoms with van der Waals surface area (Å²) >= 11 is 0. The maximum atomic E-state index is 8.77. The van der Waals surface area contributed by atoms with Crippen LogP contribution in [0.5, 0.6) is 0 Å². The first-order chi connectivity index (χ1) is 5.67. The SMILES string of the molecule is CCC(N)N(CCO)C(N)CC. The summed E-state index contributed by atoms with van der Waals surface area (Å²) in [6.45, 7) is 4.69. The zero-order chi connectivity index (χ0) is 9.56. The normalized spacial score (nSPS) is 16.5. The molecule has 0 saturated carbocycles. The summed E-state index contributed by atoms with van der Waals surface area (Å²) in [7, 11) is 0. The molecule has 0 bridgehead atoms. The third-order valence-electron chi connectivity index (χ3n) is 2.05. The third kappa shape index (κ3) is 3.49. The Labute approximate surface area is 74.5 Å². The van der Waals surface area contributed by atoms with Crippen LogP contribution in [0.3, 0.4) is 0 Å². The Morgan fingerprint density at radius 1 is 1.17 bits per heavy atom. The lowest BCUT2D eigenvalue weighted by Crippen LogP contribution is -2.52. The number of rotatable bonds is 6. The first-order valence-electron chi connectivity index (χ1n) is 4.55. The van der Waals surface area contributed by atoms with Gasteiger partial charge in [-0.3, -0.25) is 4.90 Å². The van der Waals surface area contributed by atoms with Crippen LogP contribution in [0.1, 0.15) is 26.7 Å². The highest BCUT2D eigenvalue weighted by Crippen LogP contribution is 2.03. The van der Waals surface area contributed by atoms with Crippen molar-refractivity contribution < 1.29 is 5.11 Å². The zero-order valence-corrected chi connectivity index (χ0v) is 8.03. The van der Waals surface area contributed by atoms with E-state index in [0.717, 1.165) is 12.8 Å². The Bertz CT molecular complexity index is 100. The fourth-order valence-corrected chi connectivity index (χ4v) is 1.16. The number of aliphatic hydroxyl groups is 1. The largest absolute Gasteiger partial charge is 0.395 e. The van der Waals surface area contributed by atoms with E-state index in [1.807, 2.05) is 18.7 Å². The van der Waals surface area contributed by atoms with Gasteiger partial charge in [-0.25, -0.2) is 0 Å². The molecular formula is C8H21N3O. The molecule has 0 aliphatic carbocycles. The average Bonchev–Trinajstić information content (AvgIpc) is 2.11. The van der Waals surface area contributed by atoms with Crippen molar-refractivity contribution in [2.45, 2.75) is 39.0 Å². The second kappa shape index (κ2) is 6.37. The predicted octanol–water partition coefficient (Wildman–Crippen LogP) is -0.330. The maximum Gasteiger partial charge on any atom is 0.0583 e. The molecular weight excluding hydrogens is 154 g/mol. The molecule has 0 spiro atoms. The van der Waals surface area contributed by atoms with Crippen molar-refractivity contribution >= 4 is 0 Å². The molecule has 0 aromatic carbocycles. The number of nitrogens with zero attached hydrogens (tertiary/aromatic N) is 1. The second-order valence-corrected chi connectivity index (χ2v) is 2.91. The molecule has 4 nitrogen and oxygen atoms in total. The minimum atomic E-state index is -0.0351. The number of hydrogen-bond donors (Lipinski definition) is 3. The van der Waals surface area contributed by atoms with Crippen LogP contribution in [0.4, 0.5) is 0 Å². The minimum absolute atomic E-state index is 0.0351. The van der Waals surface area contributed by atoms with Crippen LogP contribution in [0.15, 0.2) is 0 Å². The fraction of sp³-hybridized carbons (Fsp3) is 1.00. The Balaban J connectivity index is 4.01. The number of nitrogens with two attached hydrogens (primary N) is 2. The fourth-order valence-electron chi connectivity index (χ4n) is 1.16. The molecule has 0 amide bonds. The van der Waals surface area contributed by atoms with E-state index in [-0.39, 0.29) is 18.9 Å². The van der Waals surface area contributed by atoms with Gasteiger partial charge in [0, 0.05) is 6.54 Å². The van der Waals surface area contributed by atoms with Crippen molar-refractivity contribution in [3.05, 3.63) is 0 Å². The summed E-state index contributed by atoms with van der Waals surface area (Å²) in [5.74, 6) is 0. The minimum Gasteiger partial charge on any atom is -0.395 e. The van der Waals surface area contributed by atoms with Crippen molar-refractivity contribution in [3.63, 3.8) is 0 Å². The Morgan fingerprint density at radius 2 is 1.58 bits per heavy atom. The van der Waals surface area contributed by atoms with E-state index in [4.69, 9.17) is 16.6 Å². The Morgan fingerprint density at radius 3 is 1.83 bits per heavy atom. The van der Waals surface area contributed by atoms with E-state index < -0.39 is 0 Å². The standard InChI is InChI=1S/C8H21N3O/c1-3-7(9)11(5-6-12)8(10)4-2/h7-8,12H,3-6,9-10H2,1-2H3. The summed E-state index contributed by atoms with van der Waals surface area (Å²) in [4.78, 5) is 1.93. The summed E-state index contributed by atoms with van der Waals surface area (Å²) < 4.78 is 0. The summed E-state index contributed by atoms with van der Waals surface area (Å²) in [5.41, 5.74) is 11.6. The third-order valence-corrected chi connectivity index (χ3v) is 2.05. The molecule has 5 N–H and O–H groups in total. The van der Waals surface area contributed by atoms with Crippen molar-refractivity contribution in [1.29, 1.82) is 0 Å². The molecule has 0 rings (SSSR count). The first-order valence-corrected chi connectivity index (χ1v) is 4.55. The van der Waals surface area contributed by atoms with Crippen LogP contribution in [0.2, 0.25) is 0 Å². The van der Waals surface area contributed by atoms with Gasteiger partial charge in [-0.2, -0.15) is 0 Å². The van der Waals surface area contributed by atoms with E-state index in [0.29, 0.717) is 6.54 Å². The second-order valence-electron chi connectivity index (χ2n) is 2.91. The van der Waals surface area contributed by atoms with E-state index in [9.17, 15) is 0 Å². The summed E-state index contributed by atoms with van der Waals surface area (Å²) in [6.07, 6.45) is 1.64. The van der Waals surface area contributed by atoms with Gasteiger partial charge in [0.15, 0.2) is 0 Å². The van der Waals surface area contributed by atoms with Crippen LogP contribution < -0.4 is 11.5 Å². The quantitative estimate of drug-likeness (QED) is 0.483. The van der Waals surface area contributed by atoms with Crippen LogP contribution in [0, 0.1) is 0 Å². The first kappa shape index (κ1) is 11.8. The molecule has 12 heavy (non-hydrogen) atoms. The zero-order valence-electron chi connectivity index (χ0n) is 8.03. The molecule has 0 radical (unpaired) electrons. The Hall–Kier alpha value is -0.160. The molecule has 0 heterocycles. The molecule has 0 fully saturated rings. The summed E-state index contributed by atoms with van der Waals surface area (Å²) in [5, 5.41) is 8.77. The van der Waals surface area contributed by atoms with Crippen LogP contribution in [-0.4, -0.2) is 35.5 Å². The van der Waals surface area contributed by atoms with Gasteiger partial charge in [0.25, 0.3) is 0 Å². The van der Waals surface area contributed by atoms with E-state index in [1.165, 1.54) is 0 Å². The van der Waals surface area contributed by atoms with E-state index in [1.54, 1.807) is 0 Å². The monoisotopic (exact) mass is 175 g/mol. The highest BCUT2D eigenvalue weighted by Gasteiger charge is 2.17. The van der Waals surface area contributed by atoms with Gasteiger partial charge in [-0.1, -0.05) is 13.8 Å². The topological polar surface area (TPSA) is 75.5 Å². The molecule has 0 aromatic heterocycles. The van der Waals surface area contributed by atoms with Crippen molar-refractivity contribution in [2.24, 2.45) is 11.5 Å². The van der Waals surface area contributed by atoms with Gasteiger partial charge in [0.05, 0.1) is 18.9 Å². The molecule has 2 atom stereocenters. The van der Waals surface area contributed by atoms with Gasteiger partial charge in [-0.05, 0) is 12.8 Å². The number of aliphatic hydroxyl groups excluding tert-OH is 1. The van der Waals surface area contributed by atoms with Crippen LogP contribution in [-0.2, 0) is 0 Å². The molecule has 74 valence electrons. The van der Waals surface area contributed by atoms with Gasteiger partial charge in [0.1, 0.15) is 0 Å². The average molecular weight is 175 g/mol. The lowest BCUT2D eigenvalue weighted by molar-refractivity contribution is 0.102. The van der Waals surface area contributed by atoms with Crippen molar-refractivity contribution in [1.82, 2.24) is 4.90 Å². The smallest absolute Gasteiger partial charge is 0.0583 e. The number of hydrogen-bond acceptors (Lipinski definition) is 4. The molecule has 0 aromatic rings. The predicted molar refractivity (Wildman–Crippen MR) is 50.3 cm³/mol. The molecule has 0 saturated heterocycles. The lowest BCUT2D eigenvalue weighted by Gasteiger charge is -2.32. The molecule has 2 unspecified atom stereocenters. The maximum absolute atomic E-state index is 8.77. The van der Waals surface area contributed by atoms with Gasteiger partial charge < -0.3 is 16.6 Å². The lowest BCUT2D eigenvalue weighted by atomic mass is 10.2. The molecule has 0 aliphatic rings. The van der Waals surface area contributed by atoms with Crippen molar-refractivity contribution in [3.8, 4) is 0 Å². The highest BCUT2D eigenvalue weighted by molar-refractivity contribution is 4.69. The Kier molecular flexibility index (Phi) is 6.28. The van der Waals surface area contributed by atoms with E-state index in [2.05, 4.69) is 0 Å². The molecule has 4 heteroatoms. The van der Waals surface area contributed by atoms with Gasteiger partial charge in [0.2, 0.25) is 0 Å². The van der Waals surface area contributed by atoms with Crippen LogP contribution in [0.25, 0.3) is 0 Å². The van der Waals surface area contributed by atoms with E-state index >= 15 is 0 Å². The highest BCUT2D eigenvalue weighted by atomic mass is 16.3. The van der Waals surface area contributed by atoms with Gasteiger partial charge in [-0.15, -0.1) is 0 Å². The van der Waals surface area contributed by atoms with Crippen molar-refractivity contribution in [2.75, 3.05) is 13.2 Å².